The summed E-state index contributed by atoms with van der Waals surface area (Å²) < 4.78 is 0. The van der Waals surface area contributed by atoms with Gasteiger partial charge in [-0.25, -0.2) is 0 Å². The summed E-state index contributed by atoms with van der Waals surface area (Å²) in [7, 11) is 0. The molecule has 3 N–H and O–H groups in total. The lowest BCUT2D eigenvalue weighted by Gasteiger charge is -2.15. The first kappa shape index (κ1) is 8.86. The zero-order valence-corrected chi connectivity index (χ0v) is 7.71. The number of benzene rings is 1. The highest BCUT2D eigenvalue weighted by Crippen LogP contribution is 2.21. The highest BCUT2D eigenvalue weighted by molar-refractivity contribution is 5.48. The van der Waals surface area contributed by atoms with Crippen molar-refractivity contribution in [1.82, 2.24) is 5.23 Å². The minimum absolute atomic E-state index is 0.144. The van der Waals surface area contributed by atoms with Crippen LogP contribution in [0.3, 0.4) is 0 Å². The van der Waals surface area contributed by atoms with Gasteiger partial charge in [0.15, 0.2) is 5.82 Å². The number of nitrogens with two attached hydrogens (primary N) is 1. The van der Waals surface area contributed by atoms with Crippen molar-refractivity contribution in [3.63, 3.8) is 0 Å². The SMILES string of the molecule is Cc1ccc(N2C=C(N)N(O)O2)cc1. The van der Waals surface area contributed by atoms with Gasteiger partial charge < -0.3 is 5.73 Å². The quantitative estimate of drug-likeness (QED) is 0.699. The van der Waals surface area contributed by atoms with Crippen molar-refractivity contribution in [1.29, 1.82) is 0 Å². The van der Waals surface area contributed by atoms with Gasteiger partial charge in [-0.2, -0.15) is 5.06 Å². The summed E-state index contributed by atoms with van der Waals surface area (Å²) in [6, 6.07) is 7.64. The van der Waals surface area contributed by atoms with Gasteiger partial charge in [-0.15, -0.1) is 4.94 Å². The minimum Gasteiger partial charge on any atom is -0.380 e. The van der Waals surface area contributed by atoms with Gasteiger partial charge in [0.25, 0.3) is 0 Å². The maximum absolute atomic E-state index is 9.06. The number of hydrogen-bond donors (Lipinski definition) is 2. The van der Waals surface area contributed by atoms with E-state index in [2.05, 4.69) is 0 Å². The molecule has 1 aromatic carbocycles. The fourth-order valence-electron chi connectivity index (χ4n) is 1.14. The maximum atomic E-state index is 9.06. The molecule has 1 aliphatic heterocycles. The Morgan fingerprint density at radius 2 is 1.93 bits per heavy atom. The number of hydrogen-bond acceptors (Lipinski definition) is 5. The van der Waals surface area contributed by atoms with Gasteiger partial charge in [0.1, 0.15) is 0 Å². The van der Waals surface area contributed by atoms with Crippen LogP contribution >= 0.6 is 0 Å². The maximum Gasteiger partial charge on any atom is 0.176 e. The van der Waals surface area contributed by atoms with E-state index >= 15 is 0 Å². The van der Waals surface area contributed by atoms with Crippen molar-refractivity contribution in [3.05, 3.63) is 41.8 Å². The smallest absolute Gasteiger partial charge is 0.176 e. The van der Waals surface area contributed by atoms with Gasteiger partial charge in [-0.05, 0) is 19.1 Å². The van der Waals surface area contributed by atoms with Crippen LogP contribution in [0.1, 0.15) is 5.56 Å². The van der Waals surface area contributed by atoms with Crippen LogP contribution in [0.2, 0.25) is 0 Å². The Kier molecular flexibility index (Phi) is 2.03. The number of rotatable bonds is 1. The molecular formula is C9H11N3O2. The van der Waals surface area contributed by atoms with Crippen molar-refractivity contribution in [3.8, 4) is 0 Å². The molecule has 2 rings (SSSR count). The largest absolute Gasteiger partial charge is 0.380 e. The molecule has 0 amide bonds. The van der Waals surface area contributed by atoms with Crippen LogP contribution < -0.4 is 10.8 Å². The Bertz CT molecular complexity index is 361. The van der Waals surface area contributed by atoms with Crippen LogP contribution in [0.5, 0.6) is 0 Å². The molecular weight excluding hydrogens is 182 g/mol. The highest BCUT2D eigenvalue weighted by atomic mass is 17.0. The molecule has 0 radical (unpaired) electrons. The van der Waals surface area contributed by atoms with Gasteiger partial charge in [-0.1, -0.05) is 22.9 Å². The zero-order valence-electron chi connectivity index (χ0n) is 7.71. The molecule has 0 aliphatic carbocycles. The first-order chi connectivity index (χ1) is 6.66. The first-order valence-corrected chi connectivity index (χ1v) is 4.17. The minimum atomic E-state index is 0.144. The molecule has 0 saturated carbocycles. The normalized spacial score (nSPS) is 16.0. The van der Waals surface area contributed by atoms with E-state index < -0.39 is 0 Å². The van der Waals surface area contributed by atoms with Gasteiger partial charge in [0, 0.05) is 0 Å². The Labute approximate surface area is 81.5 Å². The molecule has 1 heterocycles. The molecule has 14 heavy (non-hydrogen) atoms. The second-order valence-electron chi connectivity index (χ2n) is 3.07. The summed E-state index contributed by atoms with van der Waals surface area (Å²) in [5.41, 5.74) is 7.37. The van der Waals surface area contributed by atoms with E-state index in [1.54, 1.807) is 0 Å². The highest BCUT2D eigenvalue weighted by Gasteiger charge is 2.19. The van der Waals surface area contributed by atoms with Crippen LogP contribution in [0, 0.1) is 6.92 Å². The van der Waals surface area contributed by atoms with Crippen molar-refractivity contribution in [2.24, 2.45) is 5.73 Å². The third kappa shape index (κ3) is 1.50. The summed E-state index contributed by atoms with van der Waals surface area (Å²) in [4.78, 5) is 4.90. The van der Waals surface area contributed by atoms with Gasteiger partial charge >= 0.3 is 0 Å². The van der Waals surface area contributed by atoms with E-state index in [1.165, 1.54) is 11.3 Å². The average Bonchev–Trinajstić information content (AvgIpc) is 2.48. The van der Waals surface area contributed by atoms with E-state index in [0.29, 0.717) is 5.23 Å². The lowest BCUT2D eigenvalue weighted by Crippen LogP contribution is -2.22. The lowest BCUT2D eigenvalue weighted by molar-refractivity contribution is -0.304. The standard InChI is InChI=1S/C9H11N3O2/c1-7-2-4-8(5-3-7)11-6-9(10)12(13)14-11/h2-6,13H,10H2,1H3. The lowest BCUT2D eigenvalue weighted by atomic mass is 10.2. The van der Waals surface area contributed by atoms with E-state index in [0.717, 1.165) is 11.3 Å². The third-order valence-electron chi connectivity index (χ3n) is 1.92. The number of hydroxylamine groups is 3. The average molecular weight is 193 g/mol. The monoisotopic (exact) mass is 193 g/mol. The van der Waals surface area contributed by atoms with Crippen molar-refractivity contribution in [2.75, 3.05) is 5.06 Å². The summed E-state index contributed by atoms with van der Waals surface area (Å²) in [6.07, 6.45) is 1.49. The van der Waals surface area contributed by atoms with E-state index in [-0.39, 0.29) is 5.82 Å². The number of aryl methyl sites for hydroxylation is 1. The molecule has 0 spiro atoms. The molecule has 0 unspecified atom stereocenters. The number of anilines is 1. The molecule has 5 nitrogen and oxygen atoms in total. The van der Waals surface area contributed by atoms with E-state index in [4.69, 9.17) is 15.9 Å². The predicted molar refractivity (Wildman–Crippen MR) is 50.6 cm³/mol. The van der Waals surface area contributed by atoms with Gasteiger partial charge in [-0.3, -0.25) is 5.21 Å². The molecule has 0 bridgehead atoms. The summed E-state index contributed by atoms with van der Waals surface area (Å²) >= 11 is 0. The van der Waals surface area contributed by atoms with Crippen LogP contribution in [-0.4, -0.2) is 10.4 Å². The zero-order chi connectivity index (χ0) is 10.1. The summed E-state index contributed by atoms with van der Waals surface area (Å²) in [6.45, 7) is 2.00. The second kappa shape index (κ2) is 3.21. The van der Waals surface area contributed by atoms with Crippen LogP contribution in [0.25, 0.3) is 0 Å². The molecule has 1 aliphatic rings. The molecule has 5 heteroatoms. The predicted octanol–water partition coefficient (Wildman–Crippen LogP) is 1.11. The third-order valence-corrected chi connectivity index (χ3v) is 1.92. The van der Waals surface area contributed by atoms with Crippen LogP contribution in [0.15, 0.2) is 36.3 Å². The van der Waals surface area contributed by atoms with Gasteiger partial charge in [0.05, 0.1) is 11.9 Å². The van der Waals surface area contributed by atoms with E-state index in [1.807, 2.05) is 31.2 Å². The molecule has 0 atom stereocenters. The summed E-state index contributed by atoms with van der Waals surface area (Å²) in [5, 5.41) is 11.0. The van der Waals surface area contributed by atoms with Crippen LogP contribution in [-0.2, 0) is 4.94 Å². The summed E-state index contributed by atoms with van der Waals surface area (Å²) in [5.74, 6) is 0.144. The molecule has 0 aromatic heterocycles. The second-order valence-corrected chi connectivity index (χ2v) is 3.07. The fourth-order valence-corrected chi connectivity index (χ4v) is 1.14. The van der Waals surface area contributed by atoms with Crippen LogP contribution in [0.4, 0.5) is 5.69 Å². The Morgan fingerprint density at radius 3 is 2.43 bits per heavy atom. The van der Waals surface area contributed by atoms with Crippen molar-refractivity contribution >= 4 is 5.69 Å². The molecule has 0 fully saturated rings. The van der Waals surface area contributed by atoms with E-state index in [9.17, 15) is 0 Å². The first-order valence-electron chi connectivity index (χ1n) is 4.17. The topological polar surface area (TPSA) is 62.0 Å². The molecule has 0 saturated heterocycles. The van der Waals surface area contributed by atoms with Crippen molar-refractivity contribution in [2.45, 2.75) is 6.92 Å². The van der Waals surface area contributed by atoms with Crippen molar-refractivity contribution < 1.29 is 10.1 Å². The number of nitrogens with zero attached hydrogens (tertiary/aromatic N) is 2. The Balaban J connectivity index is 2.22. The fraction of sp³-hybridized carbons (Fsp3) is 0.111. The molecule has 1 aromatic rings. The Morgan fingerprint density at radius 1 is 1.29 bits per heavy atom. The van der Waals surface area contributed by atoms with Gasteiger partial charge in [0.2, 0.25) is 0 Å². The Hall–Kier alpha value is -1.72. The molecule has 74 valence electrons.